The van der Waals surface area contributed by atoms with Crippen LogP contribution in [0.3, 0.4) is 0 Å². The first kappa shape index (κ1) is 12.8. The first-order valence-electron chi connectivity index (χ1n) is 6.75. The van der Waals surface area contributed by atoms with Crippen molar-refractivity contribution < 1.29 is 0 Å². The Morgan fingerprint density at radius 2 is 2.05 bits per heavy atom. The molecule has 7 nitrogen and oxygen atoms in total. The van der Waals surface area contributed by atoms with Crippen molar-refractivity contribution >= 4 is 11.6 Å². The van der Waals surface area contributed by atoms with Gasteiger partial charge < -0.3 is 4.90 Å². The van der Waals surface area contributed by atoms with Crippen molar-refractivity contribution in [2.75, 3.05) is 31.1 Å². The number of hydrogen-bond donors (Lipinski definition) is 0. The maximum atomic E-state index is 8.98. The first-order chi connectivity index (χ1) is 9.69. The minimum absolute atomic E-state index is 0.0253. The third kappa shape index (κ3) is 2.18. The van der Waals surface area contributed by atoms with E-state index in [4.69, 9.17) is 5.26 Å². The van der Waals surface area contributed by atoms with Crippen LogP contribution in [0.4, 0.5) is 5.82 Å². The van der Waals surface area contributed by atoms with Gasteiger partial charge in [-0.1, -0.05) is 0 Å². The van der Waals surface area contributed by atoms with E-state index in [-0.39, 0.29) is 6.04 Å². The molecule has 0 amide bonds. The Kier molecular flexibility index (Phi) is 3.24. The minimum Gasteiger partial charge on any atom is -0.354 e. The Hall–Kier alpha value is -2.20. The van der Waals surface area contributed by atoms with Gasteiger partial charge in [0, 0.05) is 37.9 Å². The van der Waals surface area contributed by atoms with Gasteiger partial charge in [0.2, 0.25) is 0 Å². The minimum atomic E-state index is -0.0253. The summed E-state index contributed by atoms with van der Waals surface area (Å²) >= 11 is 0. The lowest BCUT2D eigenvalue weighted by Gasteiger charge is -2.36. The van der Waals surface area contributed by atoms with Crippen molar-refractivity contribution in [2.24, 2.45) is 0 Å². The number of aromatic nitrogens is 4. The third-order valence-corrected chi connectivity index (χ3v) is 3.73. The van der Waals surface area contributed by atoms with Crippen LogP contribution in [0.15, 0.2) is 12.4 Å². The lowest BCUT2D eigenvalue weighted by molar-refractivity contribution is 0.231. The van der Waals surface area contributed by atoms with E-state index in [0.717, 1.165) is 37.7 Å². The van der Waals surface area contributed by atoms with Gasteiger partial charge in [-0.2, -0.15) is 19.9 Å². The fourth-order valence-corrected chi connectivity index (χ4v) is 2.56. The maximum absolute atomic E-state index is 8.98. The number of nitrogens with zero attached hydrogens (tertiary/aromatic N) is 7. The van der Waals surface area contributed by atoms with Gasteiger partial charge in [0.15, 0.2) is 0 Å². The van der Waals surface area contributed by atoms with Gasteiger partial charge >= 0.3 is 0 Å². The van der Waals surface area contributed by atoms with Crippen molar-refractivity contribution in [2.45, 2.75) is 19.9 Å². The molecule has 0 saturated carbocycles. The summed E-state index contributed by atoms with van der Waals surface area (Å²) in [7, 11) is 0. The molecule has 1 atom stereocenters. The zero-order chi connectivity index (χ0) is 14.1. The van der Waals surface area contributed by atoms with Gasteiger partial charge in [0.1, 0.15) is 12.1 Å². The molecule has 1 aliphatic heterocycles. The average molecular weight is 271 g/mol. The second-order valence-electron chi connectivity index (χ2n) is 5.06. The number of rotatable bonds is 2. The maximum Gasteiger partial charge on any atom is 0.254 e. The Labute approximate surface area is 117 Å². The van der Waals surface area contributed by atoms with Gasteiger partial charge in [-0.3, -0.25) is 4.90 Å². The number of anilines is 1. The normalized spacial score (nSPS) is 18.1. The predicted molar refractivity (Wildman–Crippen MR) is 74.4 cm³/mol. The van der Waals surface area contributed by atoms with Crippen LogP contribution in [0, 0.1) is 18.3 Å². The molecule has 104 valence electrons. The van der Waals surface area contributed by atoms with E-state index < -0.39 is 0 Å². The number of aryl methyl sites for hydroxylation is 1. The Balaban J connectivity index is 1.83. The Morgan fingerprint density at radius 3 is 2.75 bits per heavy atom. The van der Waals surface area contributed by atoms with Crippen molar-refractivity contribution in [3.05, 3.63) is 18.1 Å². The molecule has 7 heteroatoms. The van der Waals surface area contributed by atoms with E-state index in [1.807, 2.05) is 19.9 Å². The van der Waals surface area contributed by atoms with Crippen LogP contribution < -0.4 is 4.90 Å². The largest absolute Gasteiger partial charge is 0.354 e. The van der Waals surface area contributed by atoms with Crippen LogP contribution in [0.25, 0.3) is 5.78 Å². The fourth-order valence-electron chi connectivity index (χ4n) is 2.56. The van der Waals surface area contributed by atoms with E-state index in [1.54, 1.807) is 4.52 Å². The molecule has 1 aliphatic rings. The van der Waals surface area contributed by atoms with Crippen LogP contribution >= 0.6 is 0 Å². The molecule has 1 saturated heterocycles. The molecule has 0 aromatic carbocycles. The molecule has 0 radical (unpaired) electrons. The lowest BCUT2D eigenvalue weighted by atomic mass is 10.2. The molecule has 3 rings (SSSR count). The van der Waals surface area contributed by atoms with Crippen LogP contribution in [-0.2, 0) is 0 Å². The van der Waals surface area contributed by atoms with E-state index in [1.165, 1.54) is 6.33 Å². The highest BCUT2D eigenvalue weighted by molar-refractivity contribution is 5.47. The van der Waals surface area contributed by atoms with Crippen molar-refractivity contribution in [1.82, 2.24) is 24.5 Å². The summed E-state index contributed by atoms with van der Waals surface area (Å²) in [6, 6.07) is 4.30. The van der Waals surface area contributed by atoms with Crippen molar-refractivity contribution in [1.29, 1.82) is 5.26 Å². The summed E-state index contributed by atoms with van der Waals surface area (Å²) < 4.78 is 1.77. The van der Waals surface area contributed by atoms with Gasteiger partial charge in [-0.05, 0) is 13.8 Å². The lowest BCUT2D eigenvalue weighted by Crippen LogP contribution is -2.49. The van der Waals surface area contributed by atoms with Gasteiger partial charge in [0.25, 0.3) is 5.78 Å². The average Bonchev–Trinajstić information content (AvgIpc) is 2.94. The van der Waals surface area contributed by atoms with E-state index in [2.05, 4.69) is 30.9 Å². The smallest absolute Gasteiger partial charge is 0.254 e. The summed E-state index contributed by atoms with van der Waals surface area (Å²) in [6.45, 7) is 7.43. The summed E-state index contributed by atoms with van der Waals surface area (Å²) in [5.74, 6) is 1.65. The highest BCUT2D eigenvalue weighted by atomic mass is 15.4. The molecule has 0 N–H and O–H groups in total. The zero-order valence-electron chi connectivity index (χ0n) is 11.7. The topological polar surface area (TPSA) is 73.3 Å². The number of fused-ring (bicyclic) bond motifs is 1. The predicted octanol–water partition coefficient (Wildman–Crippen LogP) is 0.467. The van der Waals surface area contributed by atoms with Crippen LogP contribution in [-0.4, -0.2) is 56.7 Å². The molecule has 3 heterocycles. The summed E-state index contributed by atoms with van der Waals surface area (Å²) in [4.78, 5) is 13.0. The molecule has 0 bridgehead atoms. The molecule has 2 aromatic rings. The molecule has 1 unspecified atom stereocenters. The van der Waals surface area contributed by atoms with E-state index in [9.17, 15) is 0 Å². The quantitative estimate of drug-likeness (QED) is 0.790. The van der Waals surface area contributed by atoms with Gasteiger partial charge in [0.05, 0.1) is 12.1 Å². The van der Waals surface area contributed by atoms with Crippen molar-refractivity contribution in [3.8, 4) is 6.07 Å². The third-order valence-electron chi connectivity index (χ3n) is 3.73. The summed E-state index contributed by atoms with van der Waals surface area (Å²) in [5, 5.41) is 13.2. The molecule has 1 fully saturated rings. The number of piperazine rings is 1. The number of nitriles is 1. The Morgan fingerprint density at radius 1 is 1.30 bits per heavy atom. The summed E-state index contributed by atoms with van der Waals surface area (Å²) in [5.41, 5.74) is 0.938. The second-order valence-corrected chi connectivity index (χ2v) is 5.06. The van der Waals surface area contributed by atoms with Gasteiger partial charge in [-0.25, -0.2) is 4.98 Å². The molecular weight excluding hydrogens is 254 g/mol. The van der Waals surface area contributed by atoms with Gasteiger partial charge in [-0.15, -0.1) is 0 Å². The van der Waals surface area contributed by atoms with Crippen molar-refractivity contribution in [3.63, 3.8) is 0 Å². The monoisotopic (exact) mass is 271 g/mol. The molecular formula is C13H17N7. The fraction of sp³-hybridized carbons (Fsp3) is 0.538. The highest BCUT2D eigenvalue weighted by Crippen LogP contribution is 2.18. The number of hydrogen-bond acceptors (Lipinski definition) is 6. The molecule has 0 aliphatic carbocycles. The van der Waals surface area contributed by atoms with E-state index in [0.29, 0.717) is 5.78 Å². The van der Waals surface area contributed by atoms with Crippen LogP contribution in [0.5, 0.6) is 0 Å². The molecule has 0 spiro atoms. The van der Waals surface area contributed by atoms with Crippen LogP contribution in [0.1, 0.15) is 12.6 Å². The highest BCUT2D eigenvalue weighted by Gasteiger charge is 2.22. The van der Waals surface area contributed by atoms with Crippen LogP contribution in [0.2, 0.25) is 0 Å². The zero-order valence-corrected chi connectivity index (χ0v) is 11.7. The van der Waals surface area contributed by atoms with E-state index >= 15 is 0 Å². The molecule has 2 aromatic heterocycles. The first-order valence-corrected chi connectivity index (χ1v) is 6.75. The Bertz CT molecular complexity index is 648. The standard InChI is InChI=1S/C13H17N7/c1-10-7-12(20-13(17-10)15-9-16-20)19-5-3-18(4-6-19)11(2)8-14/h7,9,11H,3-6H2,1-2H3. The SMILES string of the molecule is Cc1cc(N2CCN(C(C)C#N)CC2)n2ncnc2n1. The molecule has 20 heavy (non-hydrogen) atoms. The summed E-state index contributed by atoms with van der Waals surface area (Å²) in [6.07, 6.45) is 1.53. The second kappa shape index (κ2) is 5.06.